The average molecular weight is 280 g/mol. The van der Waals surface area contributed by atoms with Crippen molar-refractivity contribution in [2.24, 2.45) is 0 Å². The third-order valence-electron chi connectivity index (χ3n) is 2.64. The average Bonchev–Trinajstić information content (AvgIpc) is 2.37. The van der Waals surface area contributed by atoms with Crippen molar-refractivity contribution in [1.29, 1.82) is 0 Å². The number of carbonyl (C=O) groups is 1. The molecule has 2 N–H and O–H groups in total. The van der Waals surface area contributed by atoms with E-state index in [4.69, 9.17) is 11.6 Å². The predicted molar refractivity (Wildman–Crippen MR) is 72.2 cm³/mol. The first-order chi connectivity index (χ1) is 8.97. The van der Waals surface area contributed by atoms with E-state index in [1.807, 2.05) is 0 Å². The van der Waals surface area contributed by atoms with Crippen molar-refractivity contribution in [2.45, 2.75) is 6.92 Å². The number of halogens is 2. The normalized spacial score (nSPS) is 10.3. The monoisotopic (exact) mass is 279 g/mol. The van der Waals surface area contributed by atoms with Crippen molar-refractivity contribution < 1.29 is 14.3 Å². The molecular formula is C14H11ClFNO2. The van der Waals surface area contributed by atoms with Crippen molar-refractivity contribution in [3.63, 3.8) is 0 Å². The summed E-state index contributed by atoms with van der Waals surface area (Å²) in [6.07, 6.45) is 0. The summed E-state index contributed by atoms with van der Waals surface area (Å²) in [5.41, 5.74) is 1.15. The largest absolute Gasteiger partial charge is 0.506 e. The Kier molecular flexibility index (Phi) is 3.71. The molecule has 2 rings (SSSR count). The Morgan fingerprint density at radius 3 is 2.63 bits per heavy atom. The van der Waals surface area contributed by atoms with E-state index in [-0.39, 0.29) is 22.2 Å². The predicted octanol–water partition coefficient (Wildman–Crippen LogP) is 3.75. The first-order valence-corrected chi connectivity index (χ1v) is 5.91. The maximum Gasteiger partial charge on any atom is 0.255 e. The number of hydrogen-bond donors (Lipinski definition) is 2. The number of aromatic hydroxyl groups is 1. The van der Waals surface area contributed by atoms with Crippen LogP contribution in [0.1, 0.15) is 15.9 Å². The second kappa shape index (κ2) is 5.28. The van der Waals surface area contributed by atoms with E-state index in [0.717, 1.165) is 0 Å². The lowest BCUT2D eigenvalue weighted by Crippen LogP contribution is -2.12. The molecule has 0 atom stereocenters. The fraction of sp³-hybridized carbons (Fsp3) is 0.0714. The molecule has 0 bridgehead atoms. The van der Waals surface area contributed by atoms with Crippen LogP contribution in [-0.2, 0) is 0 Å². The molecule has 98 valence electrons. The van der Waals surface area contributed by atoms with Crippen molar-refractivity contribution in [2.75, 3.05) is 5.32 Å². The quantitative estimate of drug-likeness (QED) is 0.880. The van der Waals surface area contributed by atoms with E-state index >= 15 is 0 Å². The molecule has 2 aromatic carbocycles. The van der Waals surface area contributed by atoms with Gasteiger partial charge in [0.25, 0.3) is 5.91 Å². The fourth-order valence-electron chi connectivity index (χ4n) is 1.52. The van der Waals surface area contributed by atoms with Crippen molar-refractivity contribution in [1.82, 2.24) is 0 Å². The number of nitrogens with one attached hydrogen (secondary N) is 1. The maximum absolute atomic E-state index is 13.3. The number of benzene rings is 2. The number of phenols is 1. The second-order valence-electron chi connectivity index (χ2n) is 4.08. The molecule has 0 unspecified atom stereocenters. The van der Waals surface area contributed by atoms with Crippen LogP contribution in [0.4, 0.5) is 10.1 Å². The van der Waals surface area contributed by atoms with Crippen molar-refractivity contribution in [3.8, 4) is 5.75 Å². The zero-order chi connectivity index (χ0) is 14.0. The highest BCUT2D eigenvalue weighted by Crippen LogP contribution is 2.24. The summed E-state index contributed by atoms with van der Waals surface area (Å²) in [6.45, 7) is 1.64. The topological polar surface area (TPSA) is 49.3 Å². The van der Waals surface area contributed by atoms with Crippen LogP contribution in [0.2, 0.25) is 5.02 Å². The van der Waals surface area contributed by atoms with Crippen LogP contribution >= 0.6 is 11.6 Å². The minimum absolute atomic E-state index is 0.0859. The van der Waals surface area contributed by atoms with Crippen molar-refractivity contribution >= 4 is 23.2 Å². The van der Waals surface area contributed by atoms with Gasteiger partial charge in [0.2, 0.25) is 0 Å². The number of carbonyl (C=O) groups excluding carboxylic acids is 1. The number of anilines is 1. The molecular weight excluding hydrogens is 269 g/mol. The molecule has 0 heterocycles. The Balaban J connectivity index is 2.20. The summed E-state index contributed by atoms with van der Waals surface area (Å²) >= 11 is 5.72. The summed E-state index contributed by atoms with van der Waals surface area (Å²) in [4.78, 5) is 11.9. The van der Waals surface area contributed by atoms with Gasteiger partial charge in [-0.05, 0) is 42.8 Å². The van der Waals surface area contributed by atoms with Gasteiger partial charge in [-0.1, -0.05) is 17.7 Å². The summed E-state index contributed by atoms with van der Waals surface area (Å²) in [5.74, 6) is -0.911. The molecule has 0 aliphatic rings. The lowest BCUT2D eigenvalue weighted by atomic mass is 10.2. The van der Waals surface area contributed by atoms with Gasteiger partial charge in [-0.15, -0.1) is 0 Å². The van der Waals surface area contributed by atoms with Gasteiger partial charge >= 0.3 is 0 Å². The molecule has 3 nitrogen and oxygen atoms in total. The Morgan fingerprint density at radius 2 is 2.00 bits per heavy atom. The third kappa shape index (κ3) is 3.03. The van der Waals surface area contributed by atoms with Gasteiger partial charge in [-0.3, -0.25) is 4.79 Å². The highest BCUT2D eigenvalue weighted by Gasteiger charge is 2.09. The molecule has 0 spiro atoms. The Bertz CT molecular complexity index is 643. The van der Waals surface area contributed by atoms with Crippen LogP contribution in [0.5, 0.6) is 5.75 Å². The molecule has 5 heteroatoms. The van der Waals surface area contributed by atoms with Crippen molar-refractivity contribution in [3.05, 3.63) is 58.4 Å². The number of rotatable bonds is 2. The summed E-state index contributed by atoms with van der Waals surface area (Å²) in [5, 5.41) is 11.9. The number of phenolic OH excluding ortho intramolecular Hbond substituents is 1. The Morgan fingerprint density at radius 1 is 1.26 bits per heavy atom. The number of aryl methyl sites for hydroxylation is 1. The Labute approximate surface area is 114 Å². The molecule has 0 fully saturated rings. The molecule has 0 aliphatic carbocycles. The highest BCUT2D eigenvalue weighted by atomic mass is 35.5. The summed E-state index contributed by atoms with van der Waals surface area (Å²) in [6, 6.07) is 8.53. The first kappa shape index (κ1) is 13.4. The molecule has 2 aromatic rings. The van der Waals surface area contributed by atoms with Crippen LogP contribution in [0.3, 0.4) is 0 Å². The van der Waals surface area contributed by atoms with E-state index < -0.39 is 5.91 Å². The lowest BCUT2D eigenvalue weighted by Gasteiger charge is -2.07. The molecule has 1 amide bonds. The SMILES string of the molecule is Cc1ccc(NC(=O)c2ccc(O)c(Cl)c2)cc1F. The van der Waals surface area contributed by atoms with E-state index in [0.29, 0.717) is 11.3 Å². The smallest absolute Gasteiger partial charge is 0.255 e. The van der Waals surface area contributed by atoms with Gasteiger partial charge in [0.1, 0.15) is 11.6 Å². The van der Waals surface area contributed by atoms with E-state index in [1.165, 1.54) is 24.3 Å². The minimum atomic E-state index is -0.426. The molecule has 0 saturated carbocycles. The number of amides is 1. The highest BCUT2D eigenvalue weighted by molar-refractivity contribution is 6.32. The van der Waals surface area contributed by atoms with Gasteiger partial charge in [0, 0.05) is 11.3 Å². The molecule has 0 aliphatic heterocycles. The van der Waals surface area contributed by atoms with Gasteiger partial charge in [0.15, 0.2) is 0 Å². The lowest BCUT2D eigenvalue weighted by molar-refractivity contribution is 0.102. The van der Waals surface area contributed by atoms with Gasteiger partial charge in [-0.25, -0.2) is 4.39 Å². The van der Waals surface area contributed by atoms with Gasteiger partial charge < -0.3 is 10.4 Å². The van der Waals surface area contributed by atoms with Crippen LogP contribution in [0.25, 0.3) is 0 Å². The van der Waals surface area contributed by atoms with E-state index in [9.17, 15) is 14.3 Å². The van der Waals surface area contributed by atoms with Gasteiger partial charge in [-0.2, -0.15) is 0 Å². The van der Waals surface area contributed by atoms with Crippen LogP contribution < -0.4 is 5.32 Å². The van der Waals surface area contributed by atoms with Crippen LogP contribution in [0, 0.1) is 12.7 Å². The third-order valence-corrected chi connectivity index (χ3v) is 2.94. The number of hydrogen-bond acceptors (Lipinski definition) is 2. The Hall–Kier alpha value is -2.07. The van der Waals surface area contributed by atoms with E-state index in [1.54, 1.807) is 19.1 Å². The van der Waals surface area contributed by atoms with Crippen LogP contribution in [-0.4, -0.2) is 11.0 Å². The molecule has 19 heavy (non-hydrogen) atoms. The zero-order valence-electron chi connectivity index (χ0n) is 10.1. The van der Waals surface area contributed by atoms with Gasteiger partial charge in [0.05, 0.1) is 5.02 Å². The molecule has 0 radical (unpaired) electrons. The zero-order valence-corrected chi connectivity index (χ0v) is 10.8. The van der Waals surface area contributed by atoms with Crippen LogP contribution in [0.15, 0.2) is 36.4 Å². The fourth-order valence-corrected chi connectivity index (χ4v) is 1.70. The minimum Gasteiger partial charge on any atom is -0.506 e. The first-order valence-electron chi connectivity index (χ1n) is 5.53. The molecule has 0 saturated heterocycles. The molecule has 0 aromatic heterocycles. The van der Waals surface area contributed by atoms with E-state index in [2.05, 4.69) is 5.32 Å². The standard InChI is InChI=1S/C14H11ClFNO2/c1-8-2-4-10(7-12(8)16)17-14(19)9-3-5-13(18)11(15)6-9/h2-7,18H,1H3,(H,17,19). The summed E-state index contributed by atoms with van der Waals surface area (Å²) < 4.78 is 13.3. The summed E-state index contributed by atoms with van der Waals surface area (Å²) in [7, 11) is 0. The maximum atomic E-state index is 13.3. The second-order valence-corrected chi connectivity index (χ2v) is 4.49.